The number of nitrogens with zero attached hydrogens (tertiary/aromatic N) is 6. The van der Waals surface area contributed by atoms with Gasteiger partial charge >= 0.3 is 0 Å². The Hall–Kier alpha value is -2.48. The average molecular weight is 339 g/mol. The number of hydrogen-bond donors (Lipinski definition) is 1. The second-order valence-corrected chi connectivity index (χ2v) is 7.85. The van der Waals surface area contributed by atoms with Gasteiger partial charge in [-0.15, -0.1) is 0 Å². The Morgan fingerprint density at radius 2 is 1.96 bits per heavy atom. The van der Waals surface area contributed by atoms with Crippen LogP contribution in [0.15, 0.2) is 18.5 Å². The molecular formula is C17H21N7O. The smallest absolute Gasteiger partial charge is 0.227 e. The maximum atomic E-state index is 5.61. The highest BCUT2D eigenvalue weighted by molar-refractivity contribution is 5.65. The topological polar surface area (TPSA) is 93.3 Å². The van der Waals surface area contributed by atoms with E-state index in [0.717, 1.165) is 49.3 Å². The molecule has 2 aromatic rings. The third-order valence-corrected chi connectivity index (χ3v) is 5.17. The lowest BCUT2D eigenvalue weighted by Gasteiger charge is -2.55. The van der Waals surface area contributed by atoms with Crippen LogP contribution in [0.25, 0.3) is 11.3 Å². The van der Waals surface area contributed by atoms with Crippen molar-refractivity contribution in [2.75, 3.05) is 41.8 Å². The predicted molar refractivity (Wildman–Crippen MR) is 94.3 cm³/mol. The Balaban J connectivity index is 1.52. The maximum Gasteiger partial charge on any atom is 0.227 e. The summed E-state index contributed by atoms with van der Waals surface area (Å²) < 4.78 is 5.52. The van der Waals surface area contributed by atoms with Crippen molar-refractivity contribution in [3.8, 4) is 11.3 Å². The van der Waals surface area contributed by atoms with Crippen molar-refractivity contribution in [1.29, 1.82) is 0 Å². The highest BCUT2D eigenvalue weighted by atomic mass is 16.5. The van der Waals surface area contributed by atoms with Gasteiger partial charge in [-0.1, -0.05) is 13.8 Å². The average Bonchev–Trinajstić information content (AvgIpc) is 2.55. The first-order chi connectivity index (χ1) is 12.0. The normalized spacial score (nSPS) is 26.3. The van der Waals surface area contributed by atoms with E-state index in [1.807, 2.05) is 6.07 Å². The highest BCUT2D eigenvalue weighted by Gasteiger charge is 2.48. The first-order valence-corrected chi connectivity index (χ1v) is 8.59. The summed E-state index contributed by atoms with van der Waals surface area (Å²) in [6, 6.07) is 2.46. The van der Waals surface area contributed by atoms with E-state index < -0.39 is 0 Å². The minimum absolute atomic E-state index is 0.264. The summed E-state index contributed by atoms with van der Waals surface area (Å²) in [4.78, 5) is 22.3. The molecule has 3 aliphatic heterocycles. The minimum atomic E-state index is 0.264. The Labute approximate surface area is 146 Å². The van der Waals surface area contributed by atoms with Gasteiger partial charge in [0.05, 0.1) is 24.4 Å². The summed E-state index contributed by atoms with van der Waals surface area (Å²) in [5, 5.41) is 0. The molecule has 1 unspecified atom stereocenters. The standard InChI is InChI=1S/C17H21N7O/c1-17(2)8-23(9-17)16-21-11(10-4-19-15(18)20-5-10)3-14(22-16)24-6-13-12(24)7-25-13/h3-5,12-13H,6-9H2,1-2H3,(H2,18,19,20)/t12-,13?/m1/s1. The number of aromatic nitrogens is 4. The van der Waals surface area contributed by atoms with E-state index in [1.54, 1.807) is 12.4 Å². The Kier molecular flexibility index (Phi) is 2.97. The molecule has 130 valence electrons. The van der Waals surface area contributed by atoms with E-state index in [0.29, 0.717) is 17.6 Å². The van der Waals surface area contributed by atoms with Gasteiger partial charge in [-0.3, -0.25) is 0 Å². The number of ether oxygens (including phenoxy) is 1. The fourth-order valence-electron chi connectivity index (χ4n) is 3.70. The van der Waals surface area contributed by atoms with Crippen molar-refractivity contribution >= 4 is 17.7 Å². The van der Waals surface area contributed by atoms with Gasteiger partial charge in [0.15, 0.2) is 0 Å². The summed E-state index contributed by atoms with van der Waals surface area (Å²) >= 11 is 0. The van der Waals surface area contributed by atoms with E-state index in [9.17, 15) is 0 Å². The molecule has 5 rings (SSSR count). The van der Waals surface area contributed by atoms with Gasteiger partial charge in [0.25, 0.3) is 0 Å². The van der Waals surface area contributed by atoms with E-state index >= 15 is 0 Å². The summed E-state index contributed by atoms with van der Waals surface area (Å²) in [6.07, 6.45) is 3.79. The second kappa shape index (κ2) is 5.01. The fraction of sp³-hybridized carbons (Fsp3) is 0.529. The van der Waals surface area contributed by atoms with Crippen molar-refractivity contribution in [1.82, 2.24) is 19.9 Å². The molecule has 0 aliphatic carbocycles. The Morgan fingerprint density at radius 3 is 2.52 bits per heavy atom. The van der Waals surface area contributed by atoms with Gasteiger partial charge in [0, 0.05) is 43.7 Å². The van der Waals surface area contributed by atoms with E-state index in [2.05, 4.69) is 33.6 Å². The monoisotopic (exact) mass is 339 g/mol. The van der Waals surface area contributed by atoms with Crippen LogP contribution in [0, 0.1) is 5.41 Å². The number of nitrogen functional groups attached to an aromatic ring is 1. The zero-order valence-electron chi connectivity index (χ0n) is 14.4. The van der Waals surface area contributed by atoms with Crippen LogP contribution in [0.3, 0.4) is 0 Å². The van der Waals surface area contributed by atoms with Crippen LogP contribution < -0.4 is 15.5 Å². The van der Waals surface area contributed by atoms with Crippen LogP contribution in [0.5, 0.6) is 0 Å². The molecule has 25 heavy (non-hydrogen) atoms. The summed E-state index contributed by atoms with van der Waals surface area (Å²) in [5.74, 6) is 1.98. The summed E-state index contributed by atoms with van der Waals surface area (Å²) in [5.41, 5.74) is 7.60. The number of morpholine rings is 1. The van der Waals surface area contributed by atoms with E-state index in [1.165, 1.54) is 0 Å². The van der Waals surface area contributed by atoms with Gasteiger partial charge in [0.1, 0.15) is 5.82 Å². The molecule has 0 spiro atoms. The maximum absolute atomic E-state index is 5.61. The lowest BCUT2D eigenvalue weighted by Crippen LogP contribution is -2.71. The molecule has 5 heterocycles. The molecular weight excluding hydrogens is 318 g/mol. The molecule has 3 fully saturated rings. The van der Waals surface area contributed by atoms with Crippen LogP contribution in [0.4, 0.5) is 17.7 Å². The van der Waals surface area contributed by atoms with Gasteiger partial charge in [-0.25, -0.2) is 15.0 Å². The Morgan fingerprint density at radius 1 is 1.20 bits per heavy atom. The largest absolute Gasteiger partial charge is 0.372 e. The first kappa shape index (κ1) is 14.8. The fourth-order valence-corrected chi connectivity index (χ4v) is 3.70. The van der Waals surface area contributed by atoms with Crippen LogP contribution in [-0.4, -0.2) is 58.3 Å². The van der Waals surface area contributed by atoms with Crippen molar-refractivity contribution in [2.24, 2.45) is 5.41 Å². The molecule has 0 radical (unpaired) electrons. The second-order valence-electron chi connectivity index (χ2n) is 7.85. The molecule has 0 amide bonds. The lowest BCUT2D eigenvalue weighted by molar-refractivity contribution is -0.113. The van der Waals surface area contributed by atoms with Gasteiger partial charge < -0.3 is 20.3 Å². The summed E-state index contributed by atoms with van der Waals surface area (Å²) in [7, 11) is 0. The molecule has 8 heteroatoms. The number of anilines is 3. The van der Waals surface area contributed by atoms with Crippen molar-refractivity contribution in [3.05, 3.63) is 18.5 Å². The molecule has 2 aromatic heterocycles. The Bertz CT molecular complexity index is 814. The molecule has 0 aromatic carbocycles. The summed E-state index contributed by atoms with van der Waals surface area (Å²) in [6.45, 7) is 8.11. The number of hydrogen-bond acceptors (Lipinski definition) is 8. The predicted octanol–water partition coefficient (Wildman–Crippen LogP) is 0.949. The third kappa shape index (κ3) is 2.39. The SMILES string of the molecule is CC1(C)CN(c2nc(-c3cnc(N)nc3)cc(N3CC4OC[C@H]43)n2)C1. The van der Waals surface area contributed by atoms with Gasteiger partial charge in [0.2, 0.25) is 11.9 Å². The third-order valence-electron chi connectivity index (χ3n) is 5.17. The molecule has 2 atom stereocenters. The molecule has 8 nitrogen and oxygen atoms in total. The van der Waals surface area contributed by atoms with Crippen LogP contribution in [0.1, 0.15) is 13.8 Å². The van der Waals surface area contributed by atoms with Gasteiger partial charge in [-0.2, -0.15) is 4.98 Å². The van der Waals surface area contributed by atoms with Gasteiger partial charge in [-0.05, 0) is 5.41 Å². The number of nitrogens with two attached hydrogens (primary N) is 1. The number of fused-ring (bicyclic) bond motifs is 1. The molecule has 3 aliphatic rings. The molecule has 0 saturated carbocycles. The molecule has 0 bridgehead atoms. The lowest BCUT2D eigenvalue weighted by atomic mass is 9.85. The van der Waals surface area contributed by atoms with Crippen molar-refractivity contribution in [3.63, 3.8) is 0 Å². The van der Waals surface area contributed by atoms with Crippen molar-refractivity contribution in [2.45, 2.75) is 26.0 Å². The van der Waals surface area contributed by atoms with Crippen molar-refractivity contribution < 1.29 is 4.74 Å². The molecule has 2 N–H and O–H groups in total. The van der Waals surface area contributed by atoms with E-state index in [4.69, 9.17) is 20.4 Å². The van der Waals surface area contributed by atoms with E-state index in [-0.39, 0.29) is 5.95 Å². The minimum Gasteiger partial charge on any atom is -0.372 e. The zero-order valence-corrected chi connectivity index (χ0v) is 14.4. The zero-order chi connectivity index (χ0) is 17.2. The first-order valence-electron chi connectivity index (χ1n) is 8.59. The quantitative estimate of drug-likeness (QED) is 0.883. The number of rotatable bonds is 3. The van der Waals surface area contributed by atoms with Crippen LogP contribution in [0.2, 0.25) is 0 Å². The highest BCUT2D eigenvalue weighted by Crippen LogP contribution is 2.38. The molecule has 3 saturated heterocycles. The van der Waals surface area contributed by atoms with Crippen LogP contribution in [-0.2, 0) is 4.74 Å². The van der Waals surface area contributed by atoms with Crippen LogP contribution >= 0.6 is 0 Å².